The third kappa shape index (κ3) is 3.28. The highest BCUT2D eigenvalue weighted by Gasteiger charge is 2.30. The smallest absolute Gasteiger partial charge is 0.244 e. The van der Waals surface area contributed by atoms with Crippen LogP contribution in [0.4, 0.5) is 0 Å². The Balaban J connectivity index is 1.55. The minimum absolute atomic E-state index is 0.102. The molecule has 0 aromatic carbocycles. The van der Waals surface area contributed by atoms with Crippen molar-refractivity contribution in [3.05, 3.63) is 24.0 Å². The Labute approximate surface area is 152 Å². The van der Waals surface area contributed by atoms with Gasteiger partial charge in [0.2, 0.25) is 10.0 Å². The summed E-state index contributed by atoms with van der Waals surface area (Å²) in [6.07, 6.45) is 5.39. The van der Waals surface area contributed by atoms with Crippen molar-refractivity contribution in [1.82, 2.24) is 29.3 Å². The molecule has 2 aromatic rings. The molecule has 142 valence electrons. The summed E-state index contributed by atoms with van der Waals surface area (Å²) in [5.74, 6) is 1.65. The number of hydrogen-bond donors (Lipinski definition) is 1. The van der Waals surface area contributed by atoms with Gasteiger partial charge in [-0.25, -0.2) is 22.8 Å². The fourth-order valence-corrected chi connectivity index (χ4v) is 4.54. The monoisotopic (exact) mass is 380 g/mol. The highest BCUT2D eigenvalue weighted by atomic mass is 32.2. The number of aryl methyl sites for hydroxylation is 1. The summed E-state index contributed by atoms with van der Waals surface area (Å²) in [7, 11) is -3.68. The topological polar surface area (TPSA) is 104 Å². The standard InChI is InChI=1S/C16H24N6O3S/c1-11(2)15-18-16-14(4-3-6-21(16)19-15)20-26(23,24)13-8-17-22(9-13)12-5-7-25-10-12/h8-9,11-12,14,20H,3-7,10H2,1-2H3/t12-,14-/m1/s1. The van der Waals surface area contributed by atoms with Gasteiger partial charge in [-0.1, -0.05) is 13.8 Å². The van der Waals surface area contributed by atoms with Crippen LogP contribution in [0.3, 0.4) is 0 Å². The van der Waals surface area contributed by atoms with Gasteiger partial charge in [-0.2, -0.15) is 10.2 Å². The van der Waals surface area contributed by atoms with E-state index < -0.39 is 10.0 Å². The van der Waals surface area contributed by atoms with Crippen LogP contribution in [0, 0.1) is 0 Å². The van der Waals surface area contributed by atoms with E-state index in [1.54, 1.807) is 10.9 Å². The second-order valence-corrected chi connectivity index (χ2v) is 8.91. The molecule has 0 saturated carbocycles. The molecular weight excluding hydrogens is 356 g/mol. The maximum atomic E-state index is 12.8. The van der Waals surface area contributed by atoms with Crippen LogP contribution >= 0.6 is 0 Å². The zero-order valence-electron chi connectivity index (χ0n) is 15.0. The van der Waals surface area contributed by atoms with Gasteiger partial charge in [0.1, 0.15) is 10.7 Å². The minimum atomic E-state index is -3.68. The summed E-state index contributed by atoms with van der Waals surface area (Å²) in [6, 6.07) is -0.266. The zero-order chi connectivity index (χ0) is 18.3. The van der Waals surface area contributed by atoms with Crippen LogP contribution in [0.2, 0.25) is 0 Å². The first-order valence-corrected chi connectivity index (χ1v) is 10.5. The molecule has 0 bridgehead atoms. The van der Waals surface area contributed by atoms with Crippen molar-refractivity contribution in [2.45, 2.75) is 62.6 Å². The van der Waals surface area contributed by atoms with Gasteiger partial charge in [0.05, 0.1) is 24.9 Å². The van der Waals surface area contributed by atoms with Gasteiger partial charge < -0.3 is 4.74 Å². The third-order valence-corrected chi connectivity index (χ3v) is 6.30. The van der Waals surface area contributed by atoms with Crippen molar-refractivity contribution >= 4 is 10.0 Å². The van der Waals surface area contributed by atoms with Crippen molar-refractivity contribution in [1.29, 1.82) is 0 Å². The molecule has 1 N–H and O–H groups in total. The number of aromatic nitrogens is 5. The quantitative estimate of drug-likeness (QED) is 0.840. The van der Waals surface area contributed by atoms with Crippen molar-refractivity contribution in [2.75, 3.05) is 13.2 Å². The summed E-state index contributed by atoms with van der Waals surface area (Å²) >= 11 is 0. The van der Waals surface area contributed by atoms with Crippen LogP contribution in [-0.4, -0.2) is 46.2 Å². The average molecular weight is 380 g/mol. The van der Waals surface area contributed by atoms with Crippen molar-refractivity contribution in [3.63, 3.8) is 0 Å². The number of nitrogens with zero attached hydrogens (tertiary/aromatic N) is 5. The number of rotatable bonds is 5. The molecule has 2 atom stereocenters. The van der Waals surface area contributed by atoms with Crippen LogP contribution in [-0.2, 0) is 21.3 Å². The van der Waals surface area contributed by atoms with E-state index in [9.17, 15) is 8.42 Å². The van der Waals surface area contributed by atoms with Gasteiger partial charge in [-0.05, 0) is 19.3 Å². The van der Waals surface area contributed by atoms with E-state index in [0.29, 0.717) is 25.5 Å². The normalized spacial score (nSPS) is 23.5. The van der Waals surface area contributed by atoms with Gasteiger partial charge in [0.15, 0.2) is 5.82 Å². The summed E-state index contributed by atoms with van der Waals surface area (Å²) < 4.78 is 37.3. The number of hydrogen-bond acceptors (Lipinski definition) is 6. The lowest BCUT2D eigenvalue weighted by Gasteiger charge is -2.22. The lowest BCUT2D eigenvalue weighted by molar-refractivity contribution is 0.184. The lowest BCUT2D eigenvalue weighted by Crippen LogP contribution is -2.33. The molecule has 0 unspecified atom stereocenters. The molecule has 2 aliphatic heterocycles. The molecule has 0 spiro atoms. The Kier molecular flexibility index (Phi) is 4.57. The van der Waals surface area contributed by atoms with Gasteiger partial charge in [-0.15, -0.1) is 0 Å². The molecule has 1 saturated heterocycles. The molecule has 0 amide bonds. The Hall–Kier alpha value is -1.78. The number of fused-ring (bicyclic) bond motifs is 1. The Morgan fingerprint density at radius 3 is 2.92 bits per heavy atom. The SMILES string of the molecule is CC(C)c1nc2n(n1)CCC[C@H]2NS(=O)(=O)c1cnn([C@@H]2CCOC2)c1. The second kappa shape index (κ2) is 6.75. The first-order chi connectivity index (χ1) is 12.4. The Morgan fingerprint density at radius 2 is 2.19 bits per heavy atom. The van der Waals surface area contributed by atoms with E-state index in [1.165, 1.54) is 6.20 Å². The first kappa shape index (κ1) is 17.6. The fourth-order valence-electron chi connectivity index (χ4n) is 3.37. The molecule has 2 aliphatic rings. The molecule has 0 aliphatic carbocycles. The maximum absolute atomic E-state index is 12.8. The summed E-state index contributed by atoms with van der Waals surface area (Å²) in [4.78, 5) is 4.74. The van der Waals surface area contributed by atoms with E-state index in [2.05, 4.69) is 19.9 Å². The summed E-state index contributed by atoms with van der Waals surface area (Å²) in [5.41, 5.74) is 0. The predicted molar refractivity (Wildman–Crippen MR) is 93.1 cm³/mol. The highest BCUT2D eigenvalue weighted by Crippen LogP contribution is 2.27. The zero-order valence-corrected chi connectivity index (χ0v) is 15.8. The van der Waals surface area contributed by atoms with Gasteiger partial charge >= 0.3 is 0 Å². The predicted octanol–water partition coefficient (Wildman–Crippen LogP) is 1.37. The highest BCUT2D eigenvalue weighted by molar-refractivity contribution is 7.89. The van der Waals surface area contributed by atoms with E-state index in [0.717, 1.165) is 25.2 Å². The van der Waals surface area contributed by atoms with Crippen molar-refractivity contribution < 1.29 is 13.2 Å². The minimum Gasteiger partial charge on any atom is -0.379 e. The van der Waals surface area contributed by atoms with Crippen LogP contribution in [0.25, 0.3) is 0 Å². The summed E-state index contributed by atoms with van der Waals surface area (Å²) in [5, 5.41) is 8.71. The third-order valence-electron chi connectivity index (χ3n) is 4.87. The first-order valence-electron chi connectivity index (χ1n) is 9.03. The van der Waals surface area contributed by atoms with Gasteiger partial charge in [0.25, 0.3) is 0 Å². The van der Waals surface area contributed by atoms with E-state index in [-0.39, 0.29) is 22.9 Å². The average Bonchev–Trinajstić information content (AvgIpc) is 3.33. The Morgan fingerprint density at radius 1 is 1.35 bits per heavy atom. The molecule has 4 rings (SSSR count). The number of sulfonamides is 1. The molecule has 26 heavy (non-hydrogen) atoms. The van der Waals surface area contributed by atoms with Gasteiger partial charge in [0, 0.05) is 25.3 Å². The number of nitrogens with one attached hydrogen (secondary N) is 1. The molecule has 10 heteroatoms. The molecule has 1 fully saturated rings. The van der Waals surface area contributed by atoms with Crippen molar-refractivity contribution in [3.8, 4) is 0 Å². The Bertz CT molecular complexity index is 882. The second-order valence-electron chi connectivity index (χ2n) is 7.20. The molecule has 4 heterocycles. The van der Waals surface area contributed by atoms with E-state index >= 15 is 0 Å². The van der Waals surface area contributed by atoms with E-state index in [4.69, 9.17) is 4.74 Å². The largest absolute Gasteiger partial charge is 0.379 e. The van der Waals surface area contributed by atoms with Crippen molar-refractivity contribution in [2.24, 2.45) is 0 Å². The lowest BCUT2D eigenvalue weighted by atomic mass is 10.1. The van der Waals surface area contributed by atoms with Crippen LogP contribution in [0.15, 0.2) is 17.3 Å². The van der Waals surface area contributed by atoms with E-state index in [1.807, 2.05) is 18.5 Å². The van der Waals surface area contributed by atoms with Crippen LogP contribution < -0.4 is 4.72 Å². The molecule has 2 aromatic heterocycles. The van der Waals surface area contributed by atoms with Crippen LogP contribution in [0.1, 0.15) is 62.8 Å². The molecule has 0 radical (unpaired) electrons. The number of ether oxygens (including phenoxy) is 1. The molecular formula is C16H24N6O3S. The molecule has 9 nitrogen and oxygen atoms in total. The summed E-state index contributed by atoms with van der Waals surface area (Å²) in [6.45, 7) is 6.08. The van der Waals surface area contributed by atoms with Crippen LogP contribution in [0.5, 0.6) is 0 Å². The maximum Gasteiger partial charge on any atom is 0.244 e. The van der Waals surface area contributed by atoms with Gasteiger partial charge in [-0.3, -0.25) is 4.68 Å². The fraction of sp³-hybridized carbons (Fsp3) is 0.688.